The van der Waals surface area contributed by atoms with E-state index in [9.17, 15) is 0 Å². The van der Waals surface area contributed by atoms with Crippen LogP contribution in [-0.2, 0) is 0 Å². The van der Waals surface area contributed by atoms with Crippen LogP contribution in [0.4, 0.5) is 0 Å². The van der Waals surface area contributed by atoms with Crippen LogP contribution in [0.25, 0.3) is 0 Å². The number of hydrogen-bond acceptors (Lipinski definition) is 5. The van der Waals surface area contributed by atoms with Crippen LogP contribution in [0.15, 0.2) is 11.6 Å². The standard InChI is InChI=1S/C25H55N5/c1-3-4-19-29(23-12-17-27)21-10-11-22-30(24-13-18-28)20-9-5-6-14-25(2)15-7-8-16-26/h14H,3-13,15-24,26-28H2,1-2H3/b25-14+. The molecular weight excluding hydrogens is 370 g/mol. The van der Waals surface area contributed by atoms with Gasteiger partial charge in [0.1, 0.15) is 0 Å². The molecule has 0 amide bonds. The number of hydrogen-bond donors (Lipinski definition) is 3. The molecule has 0 aliphatic carbocycles. The van der Waals surface area contributed by atoms with Gasteiger partial charge in [0.2, 0.25) is 0 Å². The number of nitrogens with zero attached hydrogens (tertiary/aromatic N) is 2. The number of nitrogens with two attached hydrogens (primary N) is 3. The lowest BCUT2D eigenvalue weighted by Gasteiger charge is -2.24. The van der Waals surface area contributed by atoms with Crippen LogP contribution >= 0.6 is 0 Å². The van der Waals surface area contributed by atoms with Gasteiger partial charge in [-0.05, 0) is 136 Å². The van der Waals surface area contributed by atoms with Crippen molar-refractivity contribution in [2.75, 3.05) is 58.9 Å². The van der Waals surface area contributed by atoms with Gasteiger partial charge in [0.05, 0.1) is 0 Å². The third-order valence-corrected chi connectivity index (χ3v) is 5.83. The Morgan fingerprint density at radius 2 is 1.07 bits per heavy atom. The summed E-state index contributed by atoms with van der Waals surface area (Å²) in [4.78, 5) is 5.25. The van der Waals surface area contributed by atoms with Gasteiger partial charge in [0, 0.05) is 0 Å². The van der Waals surface area contributed by atoms with E-state index in [0.717, 1.165) is 52.0 Å². The fourth-order valence-electron chi connectivity index (χ4n) is 3.83. The first-order valence-corrected chi connectivity index (χ1v) is 12.9. The SMILES string of the molecule is CCCCN(CCCN)CCCCN(CCCN)CCCC/C=C(\C)CCCCN. The van der Waals surface area contributed by atoms with Gasteiger partial charge in [0.25, 0.3) is 0 Å². The van der Waals surface area contributed by atoms with Gasteiger partial charge < -0.3 is 27.0 Å². The molecule has 0 bridgehead atoms. The Kier molecular flexibility index (Phi) is 22.9. The van der Waals surface area contributed by atoms with Gasteiger partial charge in [-0.15, -0.1) is 0 Å². The average molecular weight is 426 g/mol. The highest BCUT2D eigenvalue weighted by Gasteiger charge is 2.07. The zero-order valence-electron chi connectivity index (χ0n) is 20.6. The maximum atomic E-state index is 5.76. The quantitative estimate of drug-likeness (QED) is 0.169. The summed E-state index contributed by atoms with van der Waals surface area (Å²) in [6.07, 6.45) is 17.2. The molecule has 0 radical (unpaired) electrons. The van der Waals surface area contributed by atoms with E-state index in [2.05, 4.69) is 29.7 Å². The molecule has 0 aliphatic heterocycles. The van der Waals surface area contributed by atoms with Crippen molar-refractivity contribution in [3.05, 3.63) is 11.6 Å². The van der Waals surface area contributed by atoms with Gasteiger partial charge in [-0.3, -0.25) is 0 Å². The highest BCUT2D eigenvalue weighted by atomic mass is 15.1. The van der Waals surface area contributed by atoms with E-state index in [1.54, 1.807) is 0 Å². The predicted octanol–water partition coefficient (Wildman–Crippen LogP) is 4.11. The summed E-state index contributed by atoms with van der Waals surface area (Å²) >= 11 is 0. The Hall–Kier alpha value is -0.460. The van der Waals surface area contributed by atoms with E-state index < -0.39 is 0 Å². The summed E-state index contributed by atoms with van der Waals surface area (Å²) in [6.45, 7) is 14.1. The maximum Gasteiger partial charge on any atom is -0.000672 e. The summed E-state index contributed by atoms with van der Waals surface area (Å²) in [5.41, 5.74) is 18.6. The fourth-order valence-corrected chi connectivity index (χ4v) is 3.83. The van der Waals surface area contributed by atoms with Crippen LogP contribution < -0.4 is 17.2 Å². The molecular formula is C25H55N5. The zero-order chi connectivity index (χ0) is 22.3. The predicted molar refractivity (Wildman–Crippen MR) is 135 cm³/mol. The number of allylic oxidation sites excluding steroid dienone is 2. The first-order valence-electron chi connectivity index (χ1n) is 12.9. The summed E-state index contributed by atoms with van der Waals surface area (Å²) in [5, 5.41) is 0. The monoisotopic (exact) mass is 425 g/mol. The molecule has 0 aliphatic rings. The second kappa shape index (κ2) is 23.2. The molecule has 0 saturated heterocycles. The van der Waals surface area contributed by atoms with Crippen LogP contribution in [0.5, 0.6) is 0 Å². The van der Waals surface area contributed by atoms with Crippen LogP contribution in [-0.4, -0.2) is 68.7 Å². The lowest BCUT2D eigenvalue weighted by atomic mass is 10.1. The van der Waals surface area contributed by atoms with Gasteiger partial charge in [-0.25, -0.2) is 0 Å². The van der Waals surface area contributed by atoms with Gasteiger partial charge >= 0.3 is 0 Å². The third-order valence-electron chi connectivity index (χ3n) is 5.83. The smallest absolute Gasteiger partial charge is 0.000672 e. The number of unbranched alkanes of at least 4 members (excludes halogenated alkanes) is 5. The highest BCUT2D eigenvalue weighted by Crippen LogP contribution is 2.10. The van der Waals surface area contributed by atoms with Crippen molar-refractivity contribution in [3.8, 4) is 0 Å². The van der Waals surface area contributed by atoms with Crippen molar-refractivity contribution in [3.63, 3.8) is 0 Å². The first kappa shape index (κ1) is 29.5. The molecule has 0 aromatic carbocycles. The van der Waals surface area contributed by atoms with E-state index >= 15 is 0 Å². The fraction of sp³-hybridized carbons (Fsp3) is 0.920. The molecule has 0 aromatic rings. The topological polar surface area (TPSA) is 84.5 Å². The summed E-state index contributed by atoms with van der Waals surface area (Å²) in [5.74, 6) is 0. The van der Waals surface area contributed by atoms with Crippen molar-refractivity contribution < 1.29 is 0 Å². The Balaban J connectivity index is 4.06. The minimum Gasteiger partial charge on any atom is -0.330 e. The van der Waals surface area contributed by atoms with E-state index in [-0.39, 0.29) is 0 Å². The van der Waals surface area contributed by atoms with E-state index in [0.29, 0.717) is 0 Å². The molecule has 0 aromatic heterocycles. The Labute approximate surface area is 188 Å². The molecule has 180 valence electrons. The normalized spacial score (nSPS) is 12.4. The highest BCUT2D eigenvalue weighted by molar-refractivity contribution is 4.97. The zero-order valence-corrected chi connectivity index (χ0v) is 20.6. The summed E-state index contributed by atoms with van der Waals surface area (Å²) < 4.78 is 0. The van der Waals surface area contributed by atoms with Crippen molar-refractivity contribution in [1.29, 1.82) is 0 Å². The minimum absolute atomic E-state index is 0.797. The minimum atomic E-state index is 0.797. The molecule has 5 nitrogen and oxygen atoms in total. The Morgan fingerprint density at radius 1 is 0.600 bits per heavy atom. The molecule has 5 heteroatoms. The second-order valence-electron chi connectivity index (χ2n) is 8.82. The van der Waals surface area contributed by atoms with Crippen LogP contribution in [0.1, 0.15) is 90.9 Å². The van der Waals surface area contributed by atoms with Crippen LogP contribution in [0.3, 0.4) is 0 Å². The van der Waals surface area contributed by atoms with Crippen molar-refractivity contribution in [2.24, 2.45) is 17.2 Å². The van der Waals surface area contributed by atoms with Crippen molar-refractivity contribution >= 4 is 0 Å². The lowest BCUT2D eigenvalue weighted by molar-refractivity contribution is 0.235. The molecule has 0 saturated carbocycles. The molecule has 30 heavy (non-hydrogen) atoms. The summed E-state index contributed by atoms with van der Waals surface area (Å²) in [7, 11) is 0. The second-order valence-corrected chi connectivity index (χ2v) is 8.82. The van der Waals surface area contributed by atoms with Crippen molar-refractivity contribution in [2.45, 2.75) is 90.9 Å². The van der Waals surface area contributed by atoms with Gasteiger partial charge in [-0.2, -0.15) is 0 Å². The lowest BCUT2D eigenvalue weighted by Crippen LogP contribution is -2.31. The molecule has 6 N–H and O–H groups in total. The third kappa shape index (κ3) is 19.5. The van der Waals surface area contributed by atoms with E-state index in [1.165, 1.54) is 89.5 Å². The molecule has 0 unspecified atom stereocenters. The molecule has 0 heterocycles. The van der Waals surface area contributed by atoms with Crippen LogP contribution in [0.2, 0.25) is 0 Å². The van der Waals surface area contributed by atoms with E-state index in [4.69, 9.17) is 17.2 Å². The molecule has 0 spiro atoms. The van der Waals surface area contributed by atoms with Gasteiger partial charge in [-0.1, -0.05) is 25.0 Å². The Morgan fingerprint density at radius 3 is 1.57 bits per heavy atom. The Bertz CT molecular complexity index is 365. The molecule has 0 atom stereocenters. The average Bonchev–Trinajstić information content (AvgIpc) is 2.75. The van der Waals surface area contributed by atoms with Gasteiger partial charge in [0.15, 0.2) is 0 Å². The maximum absolute atomic E-state index is 5.76. The first-order chi connectivity index (χ1) is 14.7. The van der Waals surface area contributed by atoms with Crippen molar-refractivity contribution in [1.82, 2.24) is 9.80 Å². The van der Waals surface area contributed by atoms with Crippen LogP contribution in [0, 0.1) is 0 Å². The molecule has 0 fully saturated rings. The summed E-state index contributed by atoms with van der Waals surface area (Å²) in [6, 6.07) is 0. The number of rotatable bonds is 23. The largest absolute Gasteiger partial charge is 0.330 e. The van der Waals surface area contributed by atoms with E-state index in [1.807, 2.05) is 0 Å². The molecule has 0 rings (SSSR count).